The number of terminal acetylenes is 1. The molecule has 5 nitrogen and oxygen atoms in total. The summed E-state index contributed by atoms with van der Waals surface area (Å²) in [5.41, 5.74) is 0. The Bertz CT molecular complexity index is 578. The zero-order valence-electron chi connectivity index (χ0n) is 17.0. The Labute approximate surface area is 158 Å². The Morgan fingerprint density at radius 1 is 1.38 bits per heavy atom. The number of allylic oxidation sites excluding steroid dienone is 2. The van der Waals surface area contributed by atoms with Crippen molar-refractivity contribution in [1.29, 1.82) is 0 Å². The molecule has 1 heterocycles. The maximum absolute atomic E-state index is 11.5. The Morgan fingerprint density at radius 2 is 2.04 bits per heavy atom. The summed E-state index contributed by atoms with van der Waals surface area (Å²) in [6.45, 7) is 15.6. The van der Waals surface area contributed by atoms with Gasteiger partial charge in [0.1, 0.15) is 12.2 Å². The van der Waals surface area contributed by atoms with Gasteiger partial charge in [0, 0.05) is 5.92 Å². The smallest absolute Gasteiger partial charge is 0.384 e. The van der Waals surface area contributed by atoms with Crippen molar-refractivity contribution in [3.05, 3.63) is 24.3 Å². The van der Waals surface area contributed by atoms with Crippen molar-refractivity contribution in [1.82, 2.24) is 0 Å². The first-order chi connectivity index (χ1) is 11.9. The fourth-order valence-corrected chi connectivity index (χ4v) is 3.00. The SMILES string of the molecule is C#CC(=O)O[C@@H](/C=C/C=C/CO[Si](C)(C)C(C)(C)C)[C@H]1COC(C)(C)O1. The molecule has 2 atom stereocenters. The summed E-state index contributed by atoms with van der Waals surface area (Å²) < 4.78 is 22.6. The van der Waals surface area contributed by atoms with Crippen molar-refractivity contribution in [3.63, 3.8) is 0 Å². The lowest BCUT2D eigenvalue weighted by Crippen LogP contribution is -2.40. The predicted molar refractivity (Wildman–Crippen MR) is 105 cm³/mol. The van der Waals surface area contributed by atoms with Gasteiger partial charge < -0.3 is 18.6 Å². The van der Waals surface area contributed by atoms with E-state index in [1.165, 1.54) is 0 Å². The van der Waals surface area contributed by atoms with Crippen LogP contribution in [0.4, 0.5) is 0 Å². The van der Waals surface area contributed by atoms with E-state index in [9.17, 15) is 4.79 Å². The number of hydrogen-bond acceptors (Lipinski definition) is 5. The molecule has 1 saturated heterocycles. The molecule has 6 heteroatoms. The summed E-state index contributed by atoms with van der Waals surface area (Å²) in [6, 6.07) is 0. The second-order valence-electron chi connectivity index (χ2n) is 8.27. The minimum atomic E-state index is -1.75. The number of esters is 1. The van der Waals surface area contributed by atoms with E-state index in [2.05, 4.69) is 33.9 Å². The van der Waals surface area contributed by atoms with E-state index in [4.69, 9.17) is 25.1 Å². The topological polar surface area (TPSA) is 54.0 Å². The highest BCUT2D eigenvalue weighted by Gasteiger charge is 2.38. The van der Waals surface area contributed by atoms with Crippen molar-refractivity contribution in [2.24, 2.45) is 0 Å². The van der Waals surface area contributed by atoms with Gasteiger partial charge in [-0.05, 0) is 38.1 Å². The fraction of sp³-hybridized carbons (Fsp3) is 0.650. The Morgan fingerprint density at radius 3 is 2.54 bits per heavy atom. The van der Waals surface area contributed by atoms with E-state index in [1.807, 2.05) is 31.9 Å². The van der Waals surface area contributed by atoms with Crippen LogP contribution in [-0.2, 0) is 23.4 Å². The van der Waals surface area contributed by atoms with Crippen LogP contribution in [0.15, 0.2) is 24.3 Å². The third-order valence-corrected chi connectivity index (χ3v) is 9.15. The molecule has 146 valence electrons. The van der Waals surface area contributed by atoms with Crippen LogP contribution in [0.25, 0.3) is 0 Å². The molecule has 0 aromatic heterocycles. The lowest BCUT2D eigenvalue weighted by molar-refractivity contribution is -0.161. The van der Waals surface area contributed by atoms with E-state index in [0.29, 0.717) is 13.2 Å². The molecule has 0 N–H and O–H groups in total. The molecule has 1 aliphatic rings. The second kappa shape index (κ2) is 9.00. The zero-order chi connectivity index (χ0) is 20.0. The van der Waals surface area contributed by atoms with Gasteiger partial charge in [-0.3, -0.25) is 0 Å². The summed E-state index contributed by atoms with van der Waals surface area (Å²) in [5.74, 6) is 0.530. The third kappa shape index (κ3) is 7.08. The van der Waals surface area contributed by atoms with Gasteiger partial charge in [0.15, 0.2) is 14.1 Å². The standard InChI is InChI=1S/C20H32O5Si/c1-9-18(21)24-16(17-15-22-20(5,6)25-17)13-11-10-12-14-23-26(7,8)19(2,3)4/h1,10-13,16-17H,14-15H2,2-8H3/b12-10+,13-11+/t16-,17+/m0/s1. The normalized spacial score (nSPS) is 21.8. The molecule has 1 fully saturated rings. The third-order valence-electron chi connectivity index (χ3n) is 4.65. The molecule has 0 unspecified atom stereocenters. The van der Waals surface area contributed by atoms with E-state index >= 15 is 0 Å². The van der Waals surface area contributed by atoms with E-state index in [0.717, 1.165) is 0 Å². The van der Waals surface area contributed by atoms with E-state index in [-0.39, 0.29) is 5.04 Å². The van der Waals surface area contributed by atoms with Gasteiger partial charge in [-0.15, -0.1) is 6.42 Å². The summed E-state index contributed by atoms with van der Waals surface area (Å²) >= 11 is 0. The molecule has 1 rings (SSSR count). The van der Waals surface area contributed by atoms with Gasteiger partial charge in [-0.25, -0.2) is 4.79 Å². The molecule has 0 radical (unpaired) electrons. The molecule has 0 saturated carbocycles. The van der Waals surface area contributed by atoms with Crippen LogP contribution in [0.1, 0.15) is 34.6 Å². The Kier molecular flexibility index (Phi) is 7.84. The Balaban J connectivity index is 2.62. The molecule has 0 aromatic carbocycles. The molecule has 0 spiro atoms. The number of carbonyl (C=O) groups is 1. The monoisotopic (exact) mass is 380 g/mol. The molecule has 0 aromatic rings. The average molecular weight is 381 g/mol. The summed E-state index contributed by atoms with van der Waals surface area (Å²) in [7, 11) is -1.75. The molecule has 0 aliphatic carbocycles. The first kappa shape index (κ1) is 22.6. The lowest BCUT2D eigenvalue weighted by Gasteiger charge is -2.35. The average Bonchev–Trinajstić information content (AvgIpc) is 2.88. The summed E-state index contributed by atoms with van der Waals surface area (Å²) in [4.78, 5) is 11.5. The number of hydrogen-bond donors (Lipinski definition) is 0. The van der Waals surface area contributed by atoms with Crippen molar-refractivity contribution < 1.29 is 23.4 Å². The van der Waals surface area contributed by atoms with Crippen LogP contribution in [-0.4, -0.2) is 45.5 Å². The number of ether oxygens (including phenoxy) is 3. The van der Waals surface area contributed by atoms with Crippen LogP contribution in [0.3, 0.4) is 0 Å². The predicted octanol–water partition coefficient (Wildman–Crippen LogP) is 3.82. The summed E-state index contributed by atoms with van der Waals surface area (Å²) in [5, 5.41) is 0.178. The number of carbonyl (C=O) groups excluding carboxylic acids is 1. The van der Waals surface area contributed by atoms with Crippen molar-refractivity contribution in [3.8, 4) is 12.3 Å². The quantitative estimate of drug-likeness (QED) is 0.221. The lowest BCUT2D eigenvalue weighted by atomic mass is 10.2. The highest BCUT2D eigenvalue weighted by atomic mass is 28.4. The minimum Gasteiger partial charge on any atom is -0.446 e. The van der Waals surface area contributed by atoms with Crippen LogP contribution < -0.4 is 0 Å². The van der Waals surface area contributed by atoms with Crippen LogP contribution >= 0.6 is 0 Å². The molecule has 26 heavy (non-hydrogen) atoms. The maximum Gasteiger partial charge on any atom is 0.384 e. The molecule has 0 amide bonds. The van der Waals surface area contributed by atoms with Gasteiger partial charge in [-0.2, -0.15) is 0 Å². The van der Waals surface area contributed by atoms with Gasteiger partial charge in [0.05, 0.1) is 13.2 Å². The van der Waals surface area contributed by atoms with E-state index in [1.54, 1.807) is 12.2 Å². The van der Waals surface area contributed by atoms with Gasteiger partial charge in [0.2, 0.25) is 0 Å². The van der Waals surface area contributed by atoms with Crippen LogP contribution in [0.5, 0.6) is 0 Å². The minimum absolute atomic E-state index is 0.178. The Hall–Kier alpha value is -1.39. The molecular weight excluding hydrogens is 348 g/mol. The van der Waals surface area contributed by atoms with Gasteiger partial charge in [-0.1, -0.05) is 39.0 Å². The van der Waals surface area contributed by atoms with Gasteiger partial charge >= 0.3 is 5.97 Å². The highest BCUT2D eigenvalue weighted by Crippen LogP contribution is 2.36. The van der Waals surface area contributed by atoms with Gasteiger partial charge in [0.25, 0.3) is 0 Å². The highest BCUT2D eigenvalue weighted by molar-refractivity contribution is 6.74. The molecule has 1 aliphatic heterocycles. The zero-order valence-corrected chi connectivity index (χ0v) is 18.0. The number of rotatable bonds is 7. The maximum atomic E-state index is 11.5. The van der Waals surface area contributed by atoms with Crippen LogP contribution in [0.2, 0.25) is 18.1 Å². The van der Waals surface area contributed by atoms with Crippen LogP contribution in [0, 0.1) is 12.3 Å². The fourth-order valence-electron chi connectivity index (χ4n) is 2.05. The summed E-state index contributed by atoms with van der Waals surface area (Å²) in [6.07, 6.45) is 11.4. The molecular formula is C20H32O5Si. The van der Waals surface area contributed by atoms with Crippen molar-refractivity contribution in [2.45, 2.75) is 70.7 Å². The first-order valence-electron chi connectivity index (χ1n) is 8.84. The van der Waals surface area contributed by atoms with Crippen molar-refractivity contribution >= 4 is 14.3 Å². The first-order valence-corrected chi connectivity index (χ1v) is 11.7. The largest absolute Gasteiger partial charge is 0.446 e. The van der Waals surface area contributed by atoms with E-state index < -0.39 is 32.3 Å². The van der Waals surface area contributed by atoms with Crippen molar-refractivity contribution in [2.75, 3.05) is 13.2 Å². The second-order valence-corrected chi connectivity index (χ2v) is 13.1. The molecule has 0 bridgehead atoms.